The van der Waals surface area contributed by atoms with E-state index in [9.17, 15) is 4.79 Å². The minimum atomic E-state index is -0.288. The Bertz CT molecular complexity index is 1310. The normalized spacial score (nSPS) is 11.2. The van der Waals surface area contributed by atoms with E-state index < -0.39 is 0 Å². The second kappa shape index (κ2) is 8.96. The van der Waals surface area contributed by atoms with Gasteiger partial charge in [-0.25, -0.2) is 4.98 Å². The molecule has 1 aromatic heterocycles. The fourth-order valence-corrected chi connectivity index (χ4v) is 3.68. The summed E-state index contributed by atoms with van der Waals surface area (Å²) in [6, 6.07) is 16.5. The number of carbonyl (C=O) groups is 1. The lowest BCUT2D eigenvalue weighted by molar-refractivity contribution is -0.111. The van der Waals surface area contributed by atoms with Gasteiger partial charge in [-0.3, -0.25) is 4.79 Å². The zero-order valence-corrected chi connectivity index (χ0v) is 19.1. The summed E-state index contributed by atoms with van der Waals surface area (Å²) in [6.07, 6.45) is 3.14. The number of rotatable bonds is 5. The van der Waals surface area contributed by atoms with Crippen LogP contribution in [0.2, 0.25) is 5.02 Å². The van der Waals surface area contributed by atoms with Crippen LogP contribution < -0.4 is 10.1 Å². The maximum absolute atomic E-state index is 12.5. The molecule has 1 amide bonds. The van der Waals surface area contributed by atoms with Gasteiger partial charge in [0.25, 0.3) is 0 Å². The molecule has 0 aliphatic heterocycles. The number of nitrogens with one attached hydrogen (secondary N) is 1. The summed E-state index contributed by atoms with van der Waals surface area (Å²) in [5.41, 5.74) is 4.49. The first-order valence-electron chi connectivity index (χ1n) is 9.42. The van der Waals surface area contributed by atoms with Crippen molar-refractivity contribution in [3.05, 3.63) is 81.3 Å². The number of halogens is 2. The first-order chi connectivity index (χ1) is 14.9. The SMILES string of the molecule is COc1ccc(Br)cc1/C=C/C(=O)Nc1ccc(Cl)c(-c2nc3cc(C)ccc3o2)c1. The van der Waals surface area contributed by atoms with E-state index in [1.165, 1.54) is 6.08 Å². The zero-order valence-electron chi connectivity index (χ0n) is 16.8. The Labute approximate surface area is 192 Å². The smallest absolute Gasteiger partial charge is 0.248 e. The van der Waals surface area contributed by atoms with Gasteiger partial charge in [-0.15, -0.1) is 0 Å². The Morgan fingerprint density at radius 3 is 2.81 bits per heavy atom. The molecular weight excluding hydrogens is 480 g/mol. The van der Waals surface area contributed by atoms with Gasteiger partial charge in [0.1, 0.15) is 11.3 Å². The van der Waals surface area contributed by atoms with Gasteiger partial charge in [0.2, 0.25) is 11.8 Å². The first-order valence-corrected chi connectivity index (χ1v) is 10.6. The third-order valence-electron chi connectivity index (χ3n) is 4.61. The lowest BCUT2D eigenvalue weighted by atomic mass is 10.1. The molecule has 0 spiro atoms. The number of benzene rings is 3. The third kappa shape index (κ3) is 4.81. The van der Waals surface area contributed by atoms with Crippen molar-refractivity contribution in [3.8, 4) is 17.2 Å². The molecule has 1 heterocycles. The van der Waals surface area contributed by atoms with Crippen molar-refractivity contribution < 1.29 is 13.9 Å². The van der Waals surface area contributed by atoms with Gasteiger partial charge in [-0.05, 0) is 67.1 Å². The van der Waals surface area contributed by atoms with Crippen molar-refractivity contribution >= 4 is 56.3 Å². The predicted octanol–water partition coefficient (Wildman–Crippen LogP) is 6.88. The molecule has 0 atom stereocenters. The molecule has 0 unspecified atom stereocenters. The van der Waals surface area contributed by atoms with Crippen molar-refractivity contribution in [2.75, 3.05) is 12.4 Å². The van der Waals surface area contributed by atoms with Gasteiger partial charge in [-0.1, -0.05) is 33.6 Å². The van der Waals surface area contributed by atoms with Crippen LogP contribution in [0.3, 0.4) is 0 Å². The molecule has 3 aromatic carbocycles. The molecule has 31 heavy (non-hydrogen) atoms. The molecule has 0 fully saturated rings. The number of anilines is 1. The van der Waals surface area contributed by atoms with Gasteiger partial charge < -0.3 is 14.5 Å². The quantitative estimate of drug-likeness (QED) is 0.305. The summed E-state index contributed by atoms with van der Waals surface area (Å²) in [6.45, 7) is 1.99. The van der Waals surface area contributed by atoms with Crippen LogP contribution in [0.1, 0.15) is 11.1 Å². The Morgan fingerprint density at radius 2 is 2.00 bits per heavy atom. The summed E-state index contributed by atoms with van der Waals surface area (Å²) in [5, 5.41) is 3.32. The molecule has 7 heteroatoms. The molecule has 4 aromatic rings. The lowest BCUT2D eigenvalue weighted by Crippen LogP contribution is -2.07. The molecule has 156 valence electrons. The highest BCUT2D eigenvalue weighted by Gasteiger charge is 2.13. The number of nitrogens with zero attached hydrogens (tertiary/aromatic N) is 1. The number of aromatic nitrogens is 1. The highest BCUT2D eigenvalue weighted by atomic mass is 79.9. The molecule has 5 nitrogen and oxygen atoms in total. The van der Waals surface area contributed by atoms with E-state index in [2.05, 4.69) is 26.2 Å². The fourth-order valence-electron chi connectivity index (χ4n) is 3.10. The van der Waals surface area contributed by atoms with Crippen LogP contribution in [0.25, 0.3) is 28.6 Å². The monoisotopic (exact) mass is 496 g/mol. The summed E-state index contributed by atoms with van der Waals surface area (Å²) in [4.78, 5) is 17.0. The van der Waals surface area contributed by atoms with Crippen molar-refractivity contribution in [1.29, 1.82) is 0 Å². The molecule has 0 aliphatic carbocycles. The topological polar surface area (TPSA) is 64.4 Å². The van der Waals surface area contributed by atoms with Crippen LogP contribution in [0.15, 0.2) is 69.6 Å². The van der Waals surface area contributed by atoms with Gasteiger partial charge in [-0.2, -0.15) is 0 Å². The molecule has 1 N–H and O–H groups in total. The molecule has 0 bridgehead atoms. The minimum absolute atomic E-state index is 0.288. The number of fused-ring (bicyclic) bond motifs is 1. The van der Waals surface area contributed by atoms with Crippen molar-refractivity contribution in [1.82, 2.24) is 4.98 Å². The zero-order chi connectivity index (χ0) is 22.0. The molecular formula is C24H18BrClN2O3. The standard InChI is InChI=1S/C24H18BrClN2O3/c1-14-3-8-22-20(11-14)28-24(31-22)18-13-17(6-7-19(18)26)27-23(29)10-4-15-12-16(25)5-9-21(15)30-2/h3-13H,1-2H3,(H,27,29)/b10-4+. The van der Waals surface area contributed by atoms with Crippen LogP contribution in [-0.2, 0) is 4.79 Å². The summed E-state index contributed by atoms with van der Waals surface area (Å²) in [7, 11) is 1.59. The van der Waals surface area contributed by atoms with E-state index in [0.717, 1.165) is 21.1 Å². The number of oxazole rings is 1. The average molecular weight is 498 g/mol. The van der Waals surface area contributed by atoms with E-state index in [1.807, 2.05) is 43.3 Å². The summed E-state index contributed by atoms with van der Waals surface area (Å²) in [5.74, 6) is 0.784. The number of ether oxygens (including phenoxy) is 1. The Morgan fingerprint density at radius 1 is 1.16 bits per heavy atom. The summed E-state index contributed by atoms with van der Waals surface area (Å²) >= 11 is 9.79. The lowest BCUT2D eigenvalue weighted by Gasteiger charge is -2.07. The number of carbonyl (C=O) groups excluding carboxylic acids is 1. The molecule has 4 rings (SSSR count). The van der Waals surface area contributed by atoms with Crippen molar-refractivity contribution in [2.45, 2.75) is 6.92 Å². The average Bonchev–Trinajstić information content (AvgIpc) is 3.16. The molecule has 0 radical (unpaired) electrons. The first kappa shape index (κ1) is 21.2. The van der Waals surface area contributed by atoms with Crippen LogP contribution >= 0.6 is 27.5 Å². The van der Waals surface area contributed by atoms with Gasteiger partial charge in [0.05, 0.1) is 17.7 Å². The predicted molar refractivity (Wildman–Crippen MR) is 128 cm³/mol. The van der Waals surface area contributed by atoms with Gasteiger partial charge in [0, 0.05) is 21.8 Å². The minimum Gasteiger partial charge on any atom is -0.496 e. The van der Waals surface area contributed by atoms with Crippen molar-refractivity contribution in [2.24, 2.45) is 0 Å². The fraction of sp³-hybridized carbons (Fsp3) is 0.0833. The number of hydrogen-bond donors (Lipinski definition) is 1. The third-order valence-corrected chi connectivity index (χ3v) is 5.44. The highest BCUT2D eigenvalue weighted by molar-refractivity contribution is 9.10. The van der Waals surface area contributed by atoms with E-state index >= 15 is 0 Å². The highest BCUT2D eigenvalue weighted by Crippen LogP contribution is 2.32. The maximum atomic E-state index is 12.5. The van der Waals surface area contributed by atoms with E-state index in [1.54, 1.807) is 31.4 Å². The van der Waals surface area contributed by atoms with Crippen molar-refractivity contribution in [3.63, 3.8) is 0 Å². The van der Waals surface area contributed by atoms with Crippen LogP contribution in [0.5, 0.6) is 5.75 Å². The van der Waals surface area contributed by atoms with Gasteiger partial charge in [0.15, 0.2) is 5.58 Å². The number of aryl methyl sites for hydroxylation is 1. The van der Waals surface area contributed by atoms with Crippen LogP contribution in [0, 0.1) is 6.92 Å². The van der Waals surface area contributed by atoms with Gasteiger partial charge >= 0.3 is 0 Å². The second-order valence-corrected chi connectivity index (χ2v) is 8.22. The summed E-state index contributed by atoms with van der Waals surface area (Å²) < 4.78 is 12.1. The maximum Gasteiger partial charge on any atom is 0.248 e. The van der Waals surface area contributed by atoms with E-state index in [4.69, 9.17) is 20.8 Å². The van der Waals surface area contributed by atoms with E-state index in [-0.39, 0.29) is 5.91 Å². The van der Waals surface area contributed by atoms with E-state index in [0.29, 0.717) is 33.5 Å². The number of methoxy groups -OCH3 is 1. The number of hydrogen-bond acceptors (Lipinski definition) is 4. The Hall–Kier alpha value is -3.09. The Kier molecular flexibility index (Phi) is 6.11. The van der Waals surface area contributed by atoms with Crippen LogP contribution in [0.4, 0.5) is 5.69 Å². The largest absolute Gasteiger partial charge is 0.496 e. The second-order valence-electron chi connectivity index (χ2n) is 6.89. The Balaban J connectivity index is 1.57. The molecule has 0 saturated carbocycles. The van der Waals surface area contributed by atoms with Crippen LogP contribution in [-0.4, -0.2) is 18.0 Å². The molecule has 0 aliphatic rings. The molecule has 0 saturated heterocycles. The number of amides is 1.